The molecule has 10 nitrogen and oxygen atoms in total. The number of ether oxygens (including phenoxy) is 1. The molecule has 0 bridgehead atoms. The summed E-state index contributed by atoms with van der Waals surface area (Å²) in [7, 11) is -1.05. The number of aryl methyl sites for hydroxylation is 1. The second-order valence-corrected chi connectivity index (χ2v) is 6.93. The maximum atomic E-state index is 12.1. The fourth-order valence-electron chi connectivity index (χ4n) is 3.19. The van der Waals surface area contributed by atoms with Gasteiger partial charge in [0.05, 0.1) is 19.1 Å². The van der Waals surface area contributed by atoms with Crippen LogP contribution in [0, 0.1) is 0 Å². The molecule has 1 fully saturated rings. The van der Waals surface area contributed by atoms with Crippen molar-refractivity contribution in [2.24, 2.45) is 11.5 Å². The Bertz CT molecular complexity index is 803. The number of rotatable bonds is 7. The number of nitrogens with zero attached hydrogens (tertiary/aromatic N) is 1. The molecule has 158 valence electrons. The van der Waals surface area contributed by atoms with Gasteiger partial charge in [-0.25, -0.2) is 4.79 Å². The first-order valence-corrected chi connectivity index (χ1v) is 8.99. The molecule has 0 aliphatic carbocycles. The normalized spacial score (nSPS) is 16.6. The number of likely N-dealkylation sites (tertiary alicyclic amines) is 1. The van der Waals surface area contributed by atoms with Crippen LogP contribution in [0.2, 0.25) is 6.32 Å². The standard InChI is InChI=1S/C17H22BN3O7.ClH/c19-11(16(20)23)2-4-13(22)21-7-10(8-21)27-12-3-1-9-5-6-18(26)28-15(9)14(12)17(24)25;/h1,3,10-11,26H,2,4-8,19H2,(H2,20,23)(H,24,25);1H. The van der Waals surface area contributed by atoms with Gasteiger partial charge in [-0.05, 0) is 30.8 Å². The third-order valence-electron chi connectivity index (χ3n) is 4.86. The molecule has 0 saturated carbocycles. The zero-order valence-corrected chi connectivity index (χ0v) is 16.4. The molecule has 1 saturated heterocycles. The van der Waals surface area contributed by atoms with E-state index in [4.69, 9.17) is 20.9 Å². The molecule has 2 amide bonds. The smallest absolute Gasteiger partial charge is 0.522 e. The lowest BCUT2D eigenvalue weighted by molar-refractivity contribution is -0.140. The van der Waals surface area contributed by atoms with Crippen LogP contribution < -0.4 is 20.9 Å². The van der Waals surface area contributed by atoms with E-state index in [1.807, 2.05) is 0 Å². The van der Waals surface area contributed by atoms with Gasteiger partial charge < -0.3 is 35.9 Å². The molecule has 0 radical (unpaired) electrons. The van der Waals surface area contributed by atoms with Crippen LogP contribution in [0.5, 0.6) is 11.5 Å². The van der Waals surface area contributed by atoms with E-state index in [9.17, 15) is 24.5 Å². The van der Waals surface area contributed by atoms with Gasteiger partial charge in [-0.2, -0.15) is 0 Å². The molecular formula is C17H23BClN3O7. The summed E-state index contributed by atoms with van der Waals surface area (Å²) < 4.78 is 11.1. The average Bonchev–Trinajstić information content (AvgIpc) is 2.60. The number of primary amides is 1. The van der Waals surface area contributed by atoms with Gasteiger partial charge in [-0.1, -0.05) is 6.07 Å². The topological polar surface area (TPSA) is 165 Å². The molecule has 1 aromatic rings. The molecule has 2 heterocycles. The molecule has 3 rings (SSSR count). The Hall–Kier alpha value is -2.50. The van der Waals surface area contributed by atoms with Crippen molar-refractivity contribution in [2.75, 3.05) is 13.1 Å². The van der Waals surface area contributed by atoms with E-state index < -0.39 is 25.0 Å². The predicted octanol–water partition coefficient (Wildman–Crippen LogP) is -0.596. The third kappa shape index (κ3) is 5.11. The molecule has 1 aromatic carbocycles. The van der Waals surface area contributed by atoms with Gasteiger partial charge in [0.25, 0.3) is 0 Å². The van der Waals surface area contributed by atoms with Crippen LogP contribution in [0.15, 0.2) is 12.1 Å². The lowest BCUT2D eigenvalue weighted by Crippen LogP contribution is -2.56. The number of carboxylic acids is 1. The first kappa shape index (κ1) is 22.8. The number of halogens is 1. The number of hydrogen-bond acceptors (Lipinski definition) is 7. The third-order valence-corrected chi connectivity index (χ3v) is 4.86. The van der Waals surface area contributed by atoms with Crippen molar-refractivity contribution in [3.63, 3.8) is 0 Å². The van der Waals surface area contributed by atoms with E-state index in [0.717, 1.165) is 0 Å². The molecule has 2 aliphatic rings. The first-order valence-electron chi connectivity index (χ1n) is 8.99. The summed E-state index contributed by atoms with van der Waals surface area (Å²) in [5.41, 5.74) is 11.1. The number of benzene rings is 1. The van der Waals surface area contributed by atoms with Gasteiger partial charge in [0.2, 0.25) is 11.8 Å². The summed E-state index contributed by atoms with van der Waals surface area (Å²) in [5, 5.41) is 19.2. The molecule has 29 heavy (non-hydrogen) atoms. The molecule has 2 aliphatic heterocycles. The van der Waals surface area contributed by atoms with Gasteiger partial charge in [-0.15, -0.1) is 12.4 Å². The summed E-state index contributed by atoms with van der Waals surface area (Å²) in [6.45, 7) is 0.592. The molecule has 1 atom stereocenters. The fraction of sp³-hybridized carbons (Fsp3) is 0.471. The minimum Gasteiger partial charge on any atom is -0.535 e. The van der Waals surface area contributed by atoms with Crippen LogP contribution in [0.1, 0.15) is 28.8 Å². The highest BCUT2D eigenvalue weighted by molar-refractivity contribution is 6.44. The van der Waals surface area contributed by atoms with Gasteiger partial charge in [0, 0.05) is 6.42 Å². The molecule has 0 spiro atoms. The van der Waals surface area contributed by atoms with Crippen LogP contribution in [-0.2, 0) is 16.0 Å². The molecule has 6 N–H and O–H groups in total. The van der Waals surface area contributed by atoms with Crippen molar-refractivity contribution in [1.82, 2.24) is 4.90 Å². The number of carbonyl (C=O) groups excluding carboxylic acids is 2. The molecular weight excluding hydrogens is 404 g/mol. The number of amides is 2. The van der Waals surface area contributed by atoms with Crippen molar-refractivity contribution in [3.8, 4) is 11.5 Å². The summed E-state index contributed by atoms with van der Waals surface area (Å²) >= 11 is 0. The number of carboxylic acid groups (broad SMARTS) is 1. The average molecular weight is 428 g/mol. The second-order valence-electron chi connectivity index (χ2n) is 6.93. The highest BCUT2D eigenvalue weighted by Crippen LogP contribution is 2.37. The van der Waals surface area contributed by atoms with E-state index in [2.05, 4.69) is 0 Å². The Morgan fingerprint density at radius 2 is 2.03 bits per heavy atom. The van der Waals surface area contributed by atoms with Gasteiger partial charge >= 0.3 is 13.1 Å². The lowest BCUT2D eigenvalue weighted by atomic mass is 9.78. The summed E-state index contributed by atoms with van der Waals surface area (Å²) in [4.78, 5) is 36.2. The van der Waals surface area contributed by atoms with Crippen molar-refractivity contribution < 1.29 is 33.9 Å². The predicted molar refractivity (Wildman–Crippen MR) is 105 cm³/mol. The molecule has 12 heteroatoms. The van der Waals surface area contributed by atoms with Crippen LogP contribution >= 0.6 is 12.4 Å². The lowest BCUT2D eigenvalue weighted by Gasteiger charge is -2.39. The minimum atomic E-state index is -1.21. The monoisotopic (exact) mass is 427 g/mol. The van der Waals surface area contributed by atoms with E-state index in [1.165, 1.54) is 4.90 Å². The number of fused-ring (bicyclic) bond motifs is 1. The van der Waals surface area contributed by atoms with E-state index in [1.54, 1.807) is 12.1 Å². The Morgan fingerprint density at radius 1 is 1.34 bits per heavy atom. The Morgan fingerprint density at radius 3 is 2.66 bits per heavy atom. The summed E-state index contributed by atoms with van der Waals surface area (Å²) in [6, 6.07) is 2.43. The number of hydrogen-bond donors (Lipinski definition) is 4. The number of nitrogens with two attached hydrogens (primary N) is 2. The summed E-state index contributed by atoms with van der Waals surface area (Å²) in [6.07, 6.45) is 0.811. The van der Waals surface area contributed by atoms with Crippen LogP contribution in [0.3, 0.4) is 0 Å². The van der Waals surface area contributed by atoms with E-state index in [0.29, 0.717) is 31.4 Å². The fourth-order valence-corrected chi connectivity index (χ4v) is 3.19. The van der Waals surface area contributed by atoms with E-state index >= 15 is 0 Å². The first-order chi connectivity index (χ1) is 13.3. The molecule has 0 aromatic heterocycles. The zero-order chi connectivity index (χ0) is 20.4. The van der Waals surface area contributed by atoms with Crippen molar-refractivity contribution in [3.05, 3.63) is 23.3 Å². The number of carbonyl (C=O) groups is 3. The van der Waals surface area contributed by atoms with Crippen molar-refractivity contribution >= 4 is 37.3 Å². The Balaban J connectivity index is 0.00000300. The van der Waals surface area contributed by atoms with Crippen LogP contribution in [-0.4, -0.2) is 65.2 Å². The number of aromatic carboxylic acids is 1. The second kappa shape index (κ2) is 9.34. The van der Waals surface area contributed by atoms with Crippen molar-refractivity contribution in [2.45, 2.75) is 37.7 Å². The quantitative estimate of drug-likeness (QED) is 0.419. The van der Waals surface area contributed by atoms with Crippen molar-refractivity contribution in [1.29, 1.82) is 0 Å². The van der Waals surface area contributed by atoms with Crippen LogP contribution in [0.25, 0.3) is 0 Å². The maximum Gasteiger partial charge on any atom is 0.522 e. The highest BCUT2D eigenvalue weighted by atomic mass is 35.5. The Kier molecular flexibility index (Phi) is 7.34. The highest BCUT2D eigenvalue weighted by Gasteiger charge is 2.35. The van der Waals surface area contributed by atoms with Gasteiger partial charge in [0.1, 0.15) is 23.2 Å². The largest absolute Gasteiger partial charge is 0.535 e. The molecule has 1 unspecified atom stereocenters. The minimum absolute atomic E-state index is 0. The zero-order valence-electron chi connectivity index (χ0n) is 15.6. The van der Waals surface area contributed by atoms with Gasteiger partial charge in [-0.3, -0.25) is 9.59 Å². The summed E-state index contributed by atoms with van der Waals surface area (Å²) in [5.74, 6) is -1.79. The Labute approximate surface area is 173 Å². The maximum absolute atomic E-state index is 12.1. The van der Waals surface area contributed by atoms with Crippen LogP contribution in [0.4, 0.5) is 0 Å². The SMILES string of the molecule is Cl.NC(=O)C(N)CCC(=O)N1CC(Oc2ccc3c(c2C(=O)O)OB(O)CC3)C1. The van der Waals surface area contributed by atoms with E-state index in [-0.39, 0.29) is 54.3 Å². The van der Waals surface area contributed by atoms with Gasteiger partial charge in [0.15, 0.2) is 0 Å².